The number of para-hydroxylation sites is 2. The van der Waals surface area contributed by atoms with Crippen LogP contribution in [-0.2, 0) is 17.9 Å². The third kappa shape index (κ3) is 6.77. The van der Waals surface area contributed by atoms with E-state index in [0.717, 1.165) is 43.5 Å². The molecule has 2 aromatic carbocycles. The zero-order valence-electron chi connectivity index (χ0n) is 18.1. The van der Waals surface area contributed by atoms with E-state index in [-0.39, 0.29) is 24.0 Å². The number of anilines is 1. The first kappa shape index (κ1) is 24.3. The second-order valence-electron chi connectivity index (χ2n) is 7.19. The minimum absolute atomic E-state index is 0. The van der Waals surface area contributed by atoms with Gasteiger partial charge < -0.3 is 25.0 Å². The van der Waals surface area contributed by atoms with Crippen LogP contribution in [0.2, 0.25) is 0 Å². The Bertz CT molecular complexity index is 798. The van der Waals surface area contributed by atoms with Crippen molar-refractivity contribution in [1.29, 1.82) is 0 Å². The van der Waals surface area contributed by atoms with Crippen molar-refractivity contribution in [3.05, 3.63) is 59.7 Å². The number of hydrogen-bond donors (Lipinski definition) is 2. The molecule has 0 amide bonds. The van der Waals surface area contributed by atoms with Gasteiger partial charge in [0, 0.05) is 32.8 Å². The Morgan fingerprint density at radius 1 is 1.10 bits per heavy atom. The van der Waals surface area contributed by atoms with Gasteiger partial charge in [0.25, 0.3) is 0 Å². The molecule has 1 unspecified atom stereocenters. The third-order valence-electron chi connectivity index (χ3n) is 5.05. The van der Waals surface area contributed by atoms with Crippen LogP contribution in [0.3, 0.4) is 0 Å². The second-order valence-corrected chi connectivity index (χ2v) is 7.19. The van der Waals surface area contributed by atoms with E-state index in [1.54, 1.807) is 14.2 Å². The summed E-state index contributed by atoms with van der Waals surface area (Å²) < 4.78 is 10.7. The molecule has 0 radical (unpaired) electrons. The molecule has 2 aromatic rings. The van der Waals surface area contributed by atoms with Crippen molar-refractivity contribution < 1.29 is 9.47 Å². The first-order valence-electron chi connectivity index (χ1n) is 10.2. The summed E-state index contributed by atoms with van der Waals surface area (Å²) in [4.78, 5) is 7.14. The molecule has 1 atom stereocenters. The van der Waals surface area contributed by atoms with Gasteiger partial charge in [-0.2, -0.15) is 0 Å². The minimum Gasteiger partial charge on any atom is -0.495 e. The van der Waals surface area contributed by atoms with Gasteiger partial charge in [0.1, 0.15) is 5.75 Å². The molecule has 3 rings (SSSR count). The van der Waals surface area contributed by atoms with Gasteiger partial charge in [0.15, 0.2) is 5.96 Å². The maximum Gasteiger partial charge on any atom is 0.191 e. The first-order chi connectivity index (χ1) is 14.2. The molecule has 1 heterocycles. The lowest BCUT2D eigenvalue weighted by Crippen LogP contribution is -2.44. The number of nitrogens with zero attached hydrogens (tertiary/aromatic N) is 2. The van der Waals surface area contributed by atoms with E-state index in [9.17, 15) is 0 Å². The van der Waals surface area contributed by atoms with Gasteiger partial charge in [-0.25, -0.2) is 4.99 Å². The molecule has 1 fully saturated rings. The molecule has 0 aliphatic carbocycles. The SMILES string of the molecule is CCNC(=NCc1ccc(COC)cc1)NC1CCN(c2ccccc2OC)C1.I. The van der Waals surface area contributed by atoms with E-state index in [1.807, 2.05) is 12.1 Å². The number of guanidine groups is 1. The molecule has 164 valence electrons. The van der Waals surface area contributed by atoms with E-state index in [4.69, 9.17) is 14.5 Å². The summed E-state index contributed by atoms with van der Waals surface area (Å²) in [6.07, 6.45) is 1.06. The van der Waals surface area contributed by atoms with Crippen molar-refractivity contribution >= 4 is 35.6 Å². The van der Waals surface area contributed by atoms with Gasteiger partial charge in [-0.3, -0.25) is 0 Å². The standard InChI is InChI=1S/C23H32N4O2.HI/c1-4-24-23(25-15-18-9-11-19(12-10-18)17-28-2)26-20-13-14-27(16-20)21-7-5-6-8-22(21)29-3;/h5-12,20H,4,13-17H2,1-3H3,(H2,24,25,26);1H. The van der Waals surface area contributed by atoms with Crippen LogP contribution in [0.25, 0.3) is 0 Å². The number of benzene rings is 2. The first-order valence-corrected chi connectivity index (χ1v) is 10.2. The number of ether oxygens (including phenoxy) is 2. The average molecular weight is 524 g/mol. The fourth-order valence-corrected chi connectivity index (χ4v) is 3.58. The number of hydrogen-bond acceptors (Lipinski definition) is 4. The van der Waals surface area contributed by atoms with Crippen LogP contribution in [0, 0.1) is 0 Å². The quantitative estimate of drug-likeness (QED) is 0.313. The van der Waals surface area contributed by atoms with E-state index >= 15 is 0 Å². The molecule has 1 aliphatic rings. The predicted molar refractivity (Wildman–Crippen MR) is 134 cm³/mol. The molecule has 6 nitrogen and oxygen atoms in total. The van der Waals surface area contributed by atoms with Crippen LogP contribution in [0.15, 0.2) is 53.5 Å². The van der Waals surface area contributed by atoms with Crippen LogP contribution in [0.1, 0.15) is 24.5 Å². The average Bonchev–Trinajstić information content (AvgIpc) is 3.21. The molecular weight excluding hydrogens is 491 g/mol. The number of halogens is 1. The lowest BCUT2D eigenvalue weighted by atomic mass is 10.1. The Morgan fingerprint density at radius 2 is 1.83 bits per heavy atom. The molecule has 7 heteroatoms. The number of aliphatic imine (C=N–C) groups is 1. The van der Waals surface area contributed by atoms with E-state index in [1.165, 1.54) is 11.1 Å². The molecule has 0 aromatic heterocycles. The van der Waals surface area contributed by atoms with Gasteiger partial charge in [-0.15, -0.1) is 24.0 Å². The molecule has 30 heavy (non-hydrogen) atoms. The largest absolute Gasteiger partial charge is 0.495 e. The highest BCUT2D eigenvalue weighted by molar-refractivity contribution is 14.0. The normalized spacial score (nSPS) is 16.2. The molecule has 2 N–H and O–H groups in total. The van der Waals surface area contributed by atoms with Crippen LogP contribution < -0.4 is 20.3 Å². The zero-order chi connectivity index (χ0) is 20.5. The van der Waals surface area contributed by atoms with Gasteiger partial charge >= 0.3 is 0 Å². The Kier molecular flexibility index (Phi) is 10.2. The number of rotatable bonds is 8. The lowest BCUT2D eigenvalue weighted by Gasteiger charge is -2.22. The van der Waals surface area contributed by atoms with Crippen LogP contribution in [0.5, 0.6) is 5.75 Å². The monoisotopic (exact) mass is 524 g/mol. The maximum atomic E-state index is 5.52. The van der Waals surface area contributed by atoms with E-state index < -0.39 is 0 Å². The number of methoxy groups -OCH3 is 2. The van der Waals surface area contributed by atoms with Gasteiger partial charge in [0.05, 0.1) is 25.9 Å². The lowest BCUT2D eigenvalue weighted by molar-refractivity contribution is 0.185. The smallest absolute Gasteiger partial charge is 0.191 e. The second kappa shape index (κ2) is 12.6. The maximum absolute atomic E-state index is 5.52. The highest BCUT2D eigenvalue weighted by Gasteiger charge is 2.25. The van der Waals surface area contributed by atoms with Crippen LogP contribution in [0.4, 0.5) is 5.69 Å². The van der Waals surface area contributed by atoms with Gasteiger partial charge in [-0.05, 0) is 36.6 Å². The fourth-order valence-electron chi connectivity index (χ4n) is 3.58. The summed E-state index contributed by atoms with van der Waals surface area (Å²) in [5.41, 5.74) is 3.51. The Labute approximate surface area is 197 Å². The van der Waals surface area contributed by atoms with Crippen LogP contribution >= 0.6 is 24.0 Å². The third-order valence-corrected chi connectivity index (χ3v) is 5.05. The van der Waals surface area contributed by atoms with Crippen molar-refractivity contribution in [3.8, 4) is 5.75 Å². The molecule has 0 bridgehead atoms. The predicted octanol–water partition coefficient (Wildman–Crippen LogP) is 3.79. The highest BCUT2D eigenvalue weighted by atomic mass is 127. The Balaban J connectivity index is 0.00000320. The molecule has 0 spiro atoms. The van der Waals surface area contributed by atoms with E-state index in [0.29, 0.717) is 19.2 Å². The Morgan fingerprint density at radius 3 is 2.53 bits per heavy atom. The van der Waals surface area contributed by atoms with Gasteiger partial charge in [-0.1, -0.05) is 36.4 Å². The van der Waals surface area contributed by atoms with Crippen molar-refractivity contribution in [2.75, 3.05) is 38.8 Å². The van der Waals surface area contributed by atoms with Gasteiger partial charge in [0.2, 0.25) is 0 Å². The van der Waals surface area contributed by atoms with E-state index in [2.05, 4.69) is 58.9 Å². The topological polar surface area (TPSA) is 58.1 Å². The van der Waals surface area contributed by atoms with Crippen LogP contribution in [-0.4, -0.2) is 45.9 Å². The van der Waals surface area contributed by atoms with Crippen molar-refractivity contribution in [2.45, 2.75) is 32.5 Å². The van der Waals surface area contributed by atoms with Crippen molar-refractivity contribution in [1.82, 2.24) is 10.6 Å². The summed E-state index contributed by atoms with van der Waals surface area (Å²) in [5, 5.41) is 6.96. The van der Waals surface area contributed by atoms with Crippen molar-refractivity contribution in [3.63, 3.8) is 0 Å². The highest BCUT2D eigenvalue weighted by Crippen LogP contribution is 2.30. The molecular formula is C23H33IN4O2. The summed E-state index contributed by atoms with van der Waals surface area (Å²) in [6, 6.07) is 17.0. The summed E-state index contributed by atoms with van der Waals surface area (Å²) in [5.74, 6) is 1.78. The molecule has 0 saturated carbocycles. The summed E-state index contributed by atoms with van der Waals surface area (Å²) >= 11 is 0. The number of nitrogens with one attached hydrogen (secondary N) is 2. The summed E-state index contributed by atoms with van der Waals surface area (Å²) in [6.45, 7) is 6.13. The molecule has 1 saturated heterocycles. The fraction of sp³-hybridized carbons (Fsp3) is 0.435. The Hall–Kier alpha value is -2.00. The minimum atomic E-state index is 0. The summed E-state index contributed by atoms with van der Waals surface area (Å²) in [7, 11) is 3.44. The van der Waals surface area contributed by atoms with Crippen molar-refractivity contribution in [2.24, 2.45) is 4.99 Å². The zero-order valence-corrected chi connectivity index (χ0v) is 20.4. The molecule has 1 aliphatic heterocycles.